The molecule has 0 radical (unpaired) electrons. The number of halogens is 2. The maximum absolute atomic E-state index is 11.4. The van der Waals surface area contributed by atoms with E-state index in [-0.39, 0.29) is 12.4 Å². The van der Waals surface area contributed by atoms with Crippen LogP contribution in [0.1, 0.15) is 23.6 Å². The molecule has 17 heavy (non-hydrogen) atoms. The SMILES string of the molecule is CCOC(=O)Cc1c(C#N)ccc(CBr)c1Cl. The van der Waals surface area contributed by atoms with Crippen molar-refractivity contribution < 1.29 is 9.53 Å². The number of carbonyl (C=O) groups excluding carboxylic acids is 1. The quantitative estimate of drug-likeness (QED) is 0.633. The maximum atomic E-state index is 11.4. The number of hydrogen-bond donors (Lipinski definition) is 0. The van der Waals surface area contributed by atoms with Crippen LogP contribution in [-0.2, 0) is 21.3 Å². The van der Waals surface area contributed by atoms with Crippen LogP contribution < -0.4 is 0 Å². The molecule has 0 aliphatic heterocycles. The predicted molar refractivity (Wildman–Crippen MR) is 69.1 cm³/mol. The van der Waals surface area contributed by atoms with Gasteiger partial charge in [0.2, 0.25) is 0 Å². The van der Waals surface area contributed by atoms with Crippen molar-refractivity contribution in [2.45, 2.75) is 18.7 Å². The summed E-state index contributed by atoms with van der Waals surface area (Å²) in [4.78, 5) is 11.4. The zero-order chi connectivity index (χ0) is 12.8. The van der Waals surface area contributed by atoms with Gasteiger partial charge in [-0.15, -0.1) is 0 Å². The van der Waals surface area contributed by atoms with Gasteiger partial charge >= 0.3 is 5.97 Å². The summed E-state index contributed by atoms with van der Waals surface area (Å²) in [5, 5.41) is 10.0. The van der Waals surface area contributed by atoms with Crippen molar-refractivity contribution in [2.24, 2.45) is 0 Å². The Hall–Kier alpha value is -1.05. The first-order valence-electron chi connectivity index (χ1n) is 5.06. The molecule has 0 spiro atoms. The molecular formula is C12H11BrClNO2. The average molecular weight is 317 g/mol. The molecule has 0 fully saturated rings. The molecule has 1 aromatic carbocycles. The zero-order valence-corrected chi connectivity index (χ0v) is 11.6. The number of carbonyl (C=O) groups is 1. The molecule has 1 rings (SSSR count). The molecule has 5 heteroatoms. The zero-order valence-electron chi connectivity index (χ0n) is 9.30. The molecule has 0 aliphatic rings. The fraction of sp³-hybridized carbons (Fsp3) is 0.333. The van der Waals surface area contributed by atoms with Crippen molar-refractivity contribution in [2.75, 3.05) is 6.61 Å². The molecule has 0 atom stereocenters. The predicted octanol–water partition coefficient (Wildman–Crippen LogP) is 3.21. The molecule has 1 aromatic rings. The number of hydrogen-bond acceptors (Lipinski definition) is 3. The van der Waals surface area contributed by atoms with Gasteiger partial charge < -0.3 is 4.74 Å². The van der Waals surface area contributed by atoms with E-state index in [2.05, 4.69) is 15.9 Å². The average Bonchev–Trinajstić information content (AvgIpc) is 2.32. The molecule has 0 saturated heterocycles. The fourth-order valence-electron chi connectivity index (χ4n) is 1.41. The van der Waals surface area contributed by atoms with Gasteiger partial charge in [0.1, 0.15) is 0 Å². The second-order valence-electron chi connectivity index (χ2n) is 3.29. The summed E-state index contributed by atoms with van der Waals surface area (Å²) >= 11 is 9.45. The largest absolute Gasteiger partial charge is 0.466 e. The van der Waals surface area contributed by atoms with Crippen LogP contribution in [0.5, 0.6) is 0 Å². The summed E-state index contributed by atoms with van der Waals surface area (Å²) in [6.45, 7) is 2.05. The third-order valence-electron chi connectivity index (χ3n) is 2.21. The van der Waals surface area contributed by atoms with E-state index in [9.17, 15) is 4.79 Å². The third kappa shape index (κ3) is 3.45. The summed E-state index contributed by atoms with van der Waals surface area (Å²) < 4.78 is 4.86. The van der Waals surface area contributed by atoms with E-state index >= 15 is 0 Å². The minimum Gasteiger partial charge on any atom is -0.466 e. The molecule has 90 valence electrons. The van der Waals surface area contributed by atoms with Gasteiger partial charge in [-0.05, 0) is 24.1 Å². The number of rotatable bonds is 4. The summed E-state index contributed by atoms with van der Waals surface area (Å²) in [6.07, 6.45) is 0.0242. The summed E-state index contributed by atoms with van der Waals surface area (Å²) in [6, 6.07) is 5.46. The summed E-state index contributed by atoms with van der Waals surface area (Å²) in [5.41, 5.74) is 1.79. The van der Waals surface area contributed by atoms with Crippen LogP contribution in [0, 0.1) is 11.3 Å². The highest BCUT2D eigenvalue weighted by Gasteiger charge is 2.15. The second kappa shape index (κ2) is 6.63. The first-order valence-corrected chi connectivity index (χ1v) is 6.55. The topological polar surface area (TPSA) is 50.1 Å². The van der Waals surface area contributed by atoms with E-state index in [1.165, 1.54) is 0 Å². The van der Waals surface area contributed by atoms with Crippen molar-refractivity contribution >= 4 is 33.5 Å². The Morgan fingerprint density at radius 1 is 1.59 bits per heavy atom. The number of esters is 1. The van der Waals surface area contributed by atoms with Gasteiger partial charge in [-0.2, -0.15) is 5.26 Å². The van der Waals surface area contributed by atoms with Crippen molar-refractivity contribution in [1.82, 2.24) is 0 Å². The lowest BCUT2D eigenvalue weighted by Gasteiger charge is -2.09. The monoisotopic (exact) mass is 315 g/mol. The van der Waals surface area contributed by atoms with Crippen molar-refractivity contribution in [1.29, 1.82) is 5.26 Å². The Labute approximate surface area is 113 Å². The maximum Gasteiger partial charge on any atom is 0.310 e. The van der Waals surface area contributed by atoms with Crippen molar-refractivity contribution in [3.05, 3.63) is 33.8 Å². The van der Waals surface area contributed by atoms with E-state index in [0.717, 1.165) is 5.56 Å². The Bertz CT molecular complexity index is 468. The van der Waals surface area contributed by atoms with Crippen LogP contribution in [0.2, 0.25) is 5.02 Å². The van der Waals surface area contributed by atoms with Gasteiger partial charge in [0.25, 0.3) is 0 Å². The smallest absolute Gasteiger partial charge is 0.310 e. The van der Waals surface area contributed by atoms with Crippen molar-refractivity contribution in [3.8, 4) is 6.07 Å². The standard InChI is InChI=1S/C12H11BrClNO2/c1-2-17-11(16)5-10-9(7-15)4-3-8(6-13)12(10)14/h3-4H,2,5-6H2,1H3. The van der Waals surface area contributed by atoms with Crippen LogP contribution >= 0.6 is 27.5 Å². The Balaban J connectivity index is 3.11. The van der Waals surface area contributed by atoms with Gasteiger partial charge in [-0.25, -0.2) is 0 Å². The molecule has 0 N–H and O–H groups in total. The highest BCUT2D eigenvalue weighted by atomic mass is 79.9. The molecule has 0 amide bonds. The van der Waals surface area contributed by atoms with E-state index in [1.54, 1.807) is 19.1 Å². The minimum atomic E-state index is -0.377. The van der Waals surface area contributed by atoms with Crippen LogP contribution in [0.25, 0.3) is 0 Å². The highest BCUT2D eigenvalue weighted by Crippen LogP contribution is 2.27. The molecule has 0 saturated carbocycles. The van der Waals surface area contributed by atoms with Gasteiger partial charge in [-0.1, -0.05) is 33.6 Å². The van der Waals surface area contributed by atoms with Gasteiger partial charge in [-0.3, -0.25) is 4.79 Å². The first-order chi connectivity index (χ1) is 8.13. The fourth-order valence-corrected chi connectivity index (χ4v) is 2.33. The number of alkyl halides is 1. The lowest BCUT2D eigenvalue weighted by molar-refractivity contribution is -0.142. The Kier molecular flexibility index (Phi) is 5.46. The Morgan fingerprint density at radius 3 is 2.82 bits per heavy atom. The van der Waals surface area contributed by atoms with Gasteiger partial charge in [0.15, 0.2) is 0 Å². The Morgan fingerprint density at radius 2 is 2.29 bits per heavy atom. The molecule has 0 aromatic heterocycles. The minimum absolute atomic E-state index is 0.0242. The molecule has 0 heterocycles. The molecule has 0 aliphatic carbocycles. The van der Waals surface area contributed by atoms with E-state index in [1.807, 2.05) is 6.07 Å². The summed E-state index contributed by atoms with van der Waals surface area (Å²) in [5.74, 6) is -0.377. The van der Waals surface area contributed by atoms with E-state index in [0.29, 0.717) is 28.1 Å². The second-order valence-corrected chi connectivity index (χ2v) is 4.23. The lowest BCUT2D eigenvalue weighted by atomic mass is 10.0. The molecule has 0 bridgehead atoms. The first kappa shape index (κ1) is 14.0. The molecular weight excluding hydrogens is 305 g/mol. The lowest BCUT2D eigenvalue weighted by Crippen LogP contribution is -2.09. The van der Waals surface area contributed by atoms with Crippen LogP contribution in [0.3, 0.4) is 0 Å². The number of ether oxygens (including phenoxy) is 1. The molecule has 0 unspecified atom stereocenters. The van der Waals surface area contributed by atoms with E-state index < -0.39 is 0 Å². The molecule has 3 nitrogen and oxygen atoms in total. The third-order valence-corrected chi connectivity index (χ3v) is 3.29. The highest BCUT2D eigenvalue weighted by molar-refractivity contribution is 9.08. The number of nitriles is 1. The van der Waals surface area contributed by atoms with Gasteiger partial charge in [0.05, 0.1) is 24.7 Å². The number of nitrogens with zero attached hydrogens (tertiary/aromatic N) is 1. The van der Waals surface area contributed by atoms with Crippen LogP contribution in [-0.4, -0.2) is 12.6 Å². The van der Waals surface area contributed by atoms with Crippen LogP contribution in [0.4, 0.5) is 0 Å². The van der Waals surface area contributed by atoms with Crippen LogP contribution in [0.15, 0.2) is 12.1 Å². The number of benzene rings is 1. The van der Waals surface area contributed by atoms with E-state index in [4.69, 9.17) is 21.6 Å². The van der Waals surface area contributed by atoms with Crippen molar-refractivity contribution in [3.63, 3.8) is 0 Å². The normalized spacial score (nSPS) is 9.76. The van der Waals surface area contributed by atoms with Gasteiger partial charge in [0, 0.05) is 10.4 Å². The summed E-state index contributed by atoms with van der Waals surface area (Å²) in [7, 11) is 0.